The summed E-state index contributed by atoms with van der Waals surface area (Å²) in [4.78, 5) is 75.8. The first kappa shape index (κ1) is 35.1. The number of carbonyl (C=O) groups is 5. The van der Waals surface area contributed by atoms with Crippen molar-refractivity contribution in [1.82, 2.24) is 30.4 Å². The van der Waals surface area contributed by atoms with Crippen LogP contribution >= 0.6 is 0 Å². The smallest absolute Gasteiger partial charge is 0.410 e. The van der Waals surface area contributed by atoms with Gasteiger partial charge in [0.1, 0.15) is 29.8 Å². The summed E-state index contributed by atoms with van der Waals surface area (Å²) in [7, 11) is 1.45. The number of carbonyl (C=O) groups excluding carboxylic acids is 4. The Balaban J connectivity index is 1.88. The van der Waals surface area contributed by atoms with Gasteiger partial charge < -0.3 is 30.4 Å². The number of carboxylic acids is 1. The van der Waals surface area contributed by atoms with Crippen molar-refractivity contribution >= 4 is 29.8 Å². The van der Waals surface area contributed by atoms with E-state index in [1.165, 1.54) is 29.4 Å². The van der Waals surface area contributed by atoms with Crippen LogP contribution in [0.15, 0.2) is 42.9 Å². The summed E-state index contributed by atoms with van der Waals surface area (Å²) in [6.45, 7) is 9.29. The first-order valence-electron chi connectivity index (χ1n) is 15.3. The summed E-state index contributed by atoms with van der Waals surface area (Å²) in [6, 6.07) is 4.95. The van der Waals surface area contributed by atoms with E-state index in [0.717, 1.165) is 5.56 Å². The van der Waals surface area contributed by atoms with Gasteiger partial charge in [0.25, 0.3) is 0 Å². The maximum absolute atomic E-state index is 14.2. The molecule has 2 heterocycles. The van der Waals surface area contributed by atoms with Crippen LogP contribution in [0.5, 0.6) is 0 Å². The van der Waals surface area contributed by atoms with Gasteiger partial charge >= 0.3 is 12.1 Å². The Labute approximate surface area is 264 Å². The second-order valence-electron chi connectivity index (χ2n) is 12.9. The quantitative estimate of drug-likeness (QED) is 0.262. The minimum atomic E-state index is -1.17. The third-order valence-corrected chi connectivity index (χ3v) is 7.49. The third kappa shape index (κ3) is 10.3. The molecule has 0 aliphatic carbocycles. The zero-order chi connectivity index (χ0) is 33.3. The lowest BCUT2D eigenvalue weighted by molar-refractivity contribution is -0.145. The molecule has 0 saturated carbocycles. The Morgan fingerprint density at radius 2 is 1.78 bits per heavy atom. The van der Waals surface area contributed by atoms with Gasteiger partial charge in [-0.2, -0.15) is 0 Å². The molecule has 1 aliphatic heterocycles. The molecule has 1 fully saturated rings. The van der Waals surface area contributed by atoms with E-state index >= 15 is 0 Å². The van der Waals surface area contributed by atoms with Crippen LogP contribution in [0.3, 0.4) is 0 Å². The number of likely N-dealkylation sites (N-methyl/N-ethyl adjacent to an activating group) is 1. The van der Waals surface area contributed by atoms with Crippen molar-refractivity contribution in [3.63, 3.8) is 0 Å². The third-order valence-electron chi connectivity index (χ3n) is 7.49. The van der Waals surface area contributed by atoms with Crippen LogP contribution in [-0.4, -0.2) is 98.0 Å². The largest absolute Gasteiger partial charge is 0.480 e. The zero-order valence-electron chi connectivity index (χ0n) is 26.9. The highest BCUT2D eigenvalue weighted by Crippen LogP contribution is 2.22. The molecule has 1 aliphatic rings. The maximum atomic E-state index is 14.2. The standard InChI is InChI=1S/C32H46N6O7/c1-20(2)15-24(30(42)43)36-28(40)26(17-22-18-33-19-34-22)37(6)29(41)23(16-21-11-8-7-9-12-21)35-27(39)25-13-10-14-38(25)31(44)45-32(3,4)5/h7-9,11-12,18-20,23-26H,10,13-17H2,1-6H3,(H,33,34)(H,35,39)(H,36,40)(H,42,43)/t23-,24-,25-,26-/m0/s1. The second-order valence-corrected chi connectivity index (χ2v) is 12.9. The van der Waals surface area contributed by atoms with Gasteiger partial charge in [-0.3, -0.25) is 19.3 Å². The summed E-state index contributed by atoms with van der Waals surface area (Å²) in [5, 5.41) is 15.2. The van der Waals surface area contributed by atoms with Crippen molar-refractivity contribution in [1.29, 1.82) is 0 Å². The molecule has 0 radical (unpaired) electrons. The maximum Gasteiger partial charge on any atom is 0.410 e. The van der Waals surface area contributed by atoms with Crippen LogP contribution in [0.4, 0.5) is 4.79 Å². The normalized spacial score (nSPS) is 16.9. The molecule has 4 N–H and O–H groups in total. The van der Waals surface area contributed by atoms with Crippen molar-refractivity contribution in [3.05, 3.63) is 54.1 Å². The molecule has 2 aromatic rings. The number of nitrogens with one attached hydrogen (secondary N) is 3. The number of nitrogens with zero attached hydrogens (tertiary/aromatic N) is 3. The number of aromatic amines is 1. The van der Waals surface area contributed by atoms with Crippen LogP contribution in [0, 0.1) is 5.92 Å². The molecule has 1 aromatic heterocycles. The number of hydrogen-bond donors (Lipinski definition) is 4. The first-order valence-corrected chi connectivity index (χ1v) is 15.3. The SMILES string of the molecule is CC(C)C[C@H](NC(=O)[C@H](Cc1cnc[nH]1)N(C)C(=O)[C@H](Cc1ccccc1)NC(=O)[C@@H]1CCCN1C(=O)OC(C)(C)C)C(=O)O. The average molecular weight is 627 g/mol. The molecular weight excluding hydrogens is 580 g/mol. The highest BCUT2D eigenvalue weighted by Gasteiger charge is 2.40. The van der Waals surface area contributed by atoms with Gasteiger partial charge in [0.15, 0.2) is 0 Å². The van der Waals surface area contributed by atoms with Crippen LogP contribution in [0.25, 0.3) is 0 Å². The zero-order valence-corrected chi connectivity index (χ0v) is 26.9. The van der Waals surface area contributed by atoms with Gasteiger partial charge in [-0.1, -0.05) is 44.2 Å². The van der Waals surface area contributed by atoms with E-state index in [0.29, 0.717) is 25.1 Å². The molecule has 0 bridgehead atoms. The van der Waals surface area contributed by atoms with Gasteiger partial charge in [0.05, 0.1) is 6.33 Å². The first-order chi connectivity index (χ1) is 21.2. The average Bonchev–Trinajstić information content (AvgIpc) is 3.66. The fourth-order valence-electron chi connectivity index (χ4n) is 5.27. The van der Waals surface area contributed by atoms with Crippen molar-refractivity contribution in [2.45, 2.75) is 96.5 Å². The predicted octanol–water partition coefficient (Wildman–Crippen LogP) is 2.52. The second kappa shape index (κ2) is 15.5. The van der Waals surface area contributed by atoms with Crippen molar-refractivity contribution < 1.29 is 33.8 Å². The summed E-state index contributed by atoms with van der Waals surface area (Å²) >= 11 is 0. The molecule has 4 atom stereocenters. The minimum absolute atomic E-state index is 0.00174. The number of likely N-dealkylation sites (tertiary alicyclic amines) is 1. The number of imidazole rings is 1. The van der Waals surface area contributed by atoms with Crippen LogP contribution in [0.1, 0.15) is 65.1 Å². The summed E-state index contributed by atoms with van der Waals surface area (Å²) < 4.78 is 5.51. The molecule has 246 valence electrons. The molecule has 0 spiro atoms. The molecular formula is C32H46N6O7. The Kier molecular flexibility index (Phi) is 12.1. The number of aromatic nitrogens is 2. The highest BCUT2D eigenvalue weighted by atomic mass is 16.6. The topological polar surface area (TPSA) is 174 Å². The molecule has 3 rings (SSSR count). The van der Waals surface area contributed by atoms with E-state index in [4.69, 9.17) is 4.74 Å². The highest BCUT2D eigenvalue weighted by molar-refractivity contribution is 5.95. The Hall–Kier alpha value is -4.42. The number of rotatable bonds is 13. The summed E-state index contributed by atoms with van der Waals surface area (Å²) in [5.74, 6) is -2.88. The number of hydrogen-bond acceptors (Lipinski definition) is 7. The van der Waals surface area contributed by atoms with Gasteiger partial charge in [0.2, 0.25) is 17.7 Å². The number of aliphatic carboxylic acids is 1. The number of ether oxygens (including phenoxy) is 1. The van der Waals surface area contributed by atoms with E-state index < -0.39 is 59.6 Å². The fraction of sp³-hybridized carbons (Fsp3) is 0.562. The Morgan fingerprint density at radius 3 is 2.36 bits per heavy atom. The minimum Gasteiger partial charge on any atom is -0.480 e. The molecule has 1 aromatic carbocycles. The lowest BCUT2D eigenvalue weighted by atomic mass is 10.0. The lowest BCUT2D eigenvalue weighted by Gasteiger charge is -2.33. The van der Waals surface area contributed by atoms with E-state index in [-0.39, 0.29) is 25.2 Å². The Morgan fingerprint density at radius 1 is 1.09 bits per heavy atom. The summed E-state index contributed by atoms with van der Waals surface area (Å²) in [6.07, 6.45) is 3.73. The number of amides is 4. The van der Waals surface area contributed by atoms with Crippen LogP contribution < -0.4 is 10.6 Å². The molecule has 1 saturated heterocycles. The van der Waals surface area contributed by atoms with Crippen molar-refractivity contribution in [2.75, 3.05) is 13.6 Å². The van der Waals surface area contributed by atoms with E-state index in [1.54, 1.807) is 20.8 Å². The number of carboxylic acid groups (broad SMARTS) is 1. The predicted molar refractivity (Wildman–Crippen MR) is 166 cm³/mol. The van der Waals surface area contributed by atoms with Gasteiger partial charge in [-0.05, 0) is 51.5 Å². The van der Waals surface area contributed by atoms with Crippen molar-refractivity contribution in [3.8, 4) is 0 Å². The molecule has 13 heteroatoms. The van der Waals surface area contributed by atoms with Crippen LogP contribution in [0.2, 0.25) is 0 Å². The van der Waals surface area contributed by atoms with E-state index in [1.807, 2.05) is 44.2 Å². The number of H-pyrrole nitrogens is 1. The van der Waals surface area contributed by atoms with Crippen molar-refractivity contribution in [2.24, 2.45) is 5.92 Å². The fourth-order valence-corrected chi connectivity index (χ4v) is 5.27. The molecule has 13 nitrogen and oxygen atoms in total. The van der Waals surface area contributed by atoms with E-state index in [9.17, 15) is 29.1 Å². The lowest BCUT2D eigenvalue weighted by Crippen LogP contribution is -2.59. The molecule has 0 unspecified atom stereocenters. The van der Waals surface area contributed by atoms with Gasteiger partial charge in [0, 0.05) is 38.3 Å². The molecule has 45 heavy (non-hydrogen) atoms. The monoisotopic (exact) mass is 626 g/mol. The number of benzene rings is 1. The van der Waals surface area contributed by atoms with Gasteiger partial charge in [-0.15, -0.1) is 0 Å². The van der Waals surface area contributed by atoms with E-state index in [2.05, 4.69) is 20.6 Å². The van der Waals surface area contributed by atoms with Crippen LogP contribution in [-0.2, 0) is 36.8 Å². The molecule has 4 amide bonds. The summed E-state index contributed by atoms with van der Waals surface area (Å²) in [5.41, 5.74) is 0.597. The van der Waals surface area contributed by atoms with Gasteiger partial charge in [-0.25, -0.2) is 14.6 Å². The Bertz CT molecular complexity index is 1310.